The zero-order valence-corrected chi connectivity index (χ0v) is 12.1. The van der Waals surface area contributed by atoms with Crippen LogP contribution in [-0.4, -0.2) is 110 Å². The third-order valence-corrected chi connectivity index (χ3v) is 4.02. The molecule has 2 aliphatic rings. The fourth-order valence-electron chi connectivity index (χ4n) is 2.54. The van der Waals surface area contributed by atoms with Crippen molar-refractivity contribution in [2.24, 2.45) is 5.73 Å². The summed E-state index contributed by atoms with van der Waals surface area (Å²) < 4.78 is 15.5. The zero-order chi connectivity index (χ0) is 17.3. The first-order valence-corrected chi connectivity index (χ1v) is 7.17. The lowest BCUT2D eigenvalue weighted by Crippen LogP contribution is -2.64. The Labute approximate surface area is 131 Å². The van der Waals surface area contributed by atoms with Crippen LogP contribution in [0.3, 0.4) is 0 Å². The summed E-state index contributed by atoms with van der Waals surface area (Å²) in [5.41, 5.74) is 5.39. The average Bonchev–Trinajstić information content (AvgIpc) is 2.55. The molecule has 2 saturated heterocycles. The molecule has 11 heteroatoms. The van der Waals surface area contributed by atoms with Gasteiger partial charge in [0.1, 0.15) is 48.8 Å². The Kier molecular flexibility index (Phi) is 6.27. The summed E-state index contributed by atoms with van der Waals surface area (Å²) in [6, 6.07) is 0. The highest BCUT2D eigenvalue weighted by molar-refractivity contribution is 4.92. The Balaban J connectivity index is 2.07. The maximum atomic E-state index is 9.88. The van der Waals surface area contributed by atoms with Crippen LogP contribution in [0, 0.1) is 0 Å². The second-order valence-electron chi connectivity index (χ2n) is 5.58. The van der Waals surface area contributed by atoms with E-state index >= 15 is 0 Å². The lowest BCUT2D eigenvalue weighted by molar-refractivity contribution is -0.374. The molecule has 0 unspecified atom stereocenters. The normalized spacial score (nSPS) is 51.7. The van der Waals surface area contributed by atoms with E-state index in [9.17, 15) is 30.6 Å². The van der Waals surface area contributed by atoms with E-state index in [4.69, 9.17) is 25.1 Å². The van der Waals surface area contributed by atoms with Gasteiger partial charge < -0.3 is 55.7 Å². The molecule has 0 radical (unpaired) electrons. The van der Waals surface area contributed by atoms with Crippen molar-refractivity contribution < 1.29 is 50.0 Å². The smallest absolute Gasteiger partial charge is 0.189 e. The van der Waals surface area contributed by atoms with Gasteiger partial charge in [-0.1, -0.05) is 0 Å². The van der Waals surface area contributed by atoms with E-state index in [0.29, 0.717) is 0 Å². The van der Waals surface area contributed by atoms with Crippen LogP contribution in [-0.2, 0) is 14.2 Å². The van der Waals surface area contributed by atoms with Crippen molar-refractivity contribution in [1.29, 1.82) is 0 Å². The predicted octanol–water partition coefficient (Wildman–Crippen LogP) is -5.43. The van der Waals surface area contributed by atoms with E-state index in [-0.39, 0.29) is 6.54 Å². The van der Waals surface area contributed by atoms with E-state index in [1.807, 2.05) is 0 Å². The minimum atomic E-state index is -1.69. The minimum absolute atomic E-state index is 0.167. The molecule has 2 heterocycles. The van der Waals surface area contributed by atoms with Gasteiger partial charge in [-0.2, -0.15) is 0 Å². The lowest BCUT2D eigenvalue weighted by atomic mass is 9.98. The molecule has 2 rings (SSSR count). The molecule has 0 aromatic rings. The molecule has 136 valence electrons. The molecule has 23 heavy (non-hydrogen) atoms. The fourth-order valence-corrected chi connectivity index (χ4v) is 2.54. The second-order valence-corrected chi connectivity index (χ2v) is 5.58. The first-order valence-electron chi connectivity index (χ1n) is 7.17. The van der Waals surface area contributed by atoms with Crippen molar-refractivity contribution in [3.63, 3.8) is 0 Å². The van der Waals surface area contributed by atoms with E-state index in [0.717, 1.165) is 0 Å². The van der Waals surface area contributed by atoms with Crippen LogP contribution in [0.2, 0.25) is 0 Å². The van der Waals surface area contributed by atoms with Gasteiger partial charge in [-0.05, 0) is 0 Å². The molecule has 11 nitrogen and oxygen atoms in total. The molecule has 0 spiro atoms. The summed E-state index contributed by atoms with van der Waals surface area (Å²) in [4.78, 5) is 0. The van der Waals surface area contributed by atoms with Gasteiger partial charge in [0.2, 0.25) is 0 Å². The molecule has 0 saturated carbocycles. The van der Waals surface area contributed by atoms with Crippen molar-refractivity contribution in [3.8, 4) is 0 Å². The number of aliphatic hydroxyl groups is 7. The third kappa shape index (κ3) is 3.65. The summed E-state index contributed by atoms with van der Waals surface area (Å²) in [6.07, 6.45) is -14.9. The van der Waals surface area contributed by atoms with Crippen LogP contribution in [0.25, 0.3) is 0 Å². The average molecular weight is 341 g/mol. The van der Waals surface area contributed by atoms with Gasteiger partial charge in [-0.15, -0.1) is 0 Å². The molecular formula is C12H23NO10. The summed E-state index contributed by atoms with van der Waals surface area (Å²) in [5.74, 6) is 0. The molecule has 10 atom stereocenters. The van der Waals surface area contributed by atoms with Gasteiger partial charge in [0.25, 0.3) is 0 Å². The molecule has 0 aromatic carbocycles. The van der Waals surface area contributed by atoms with Crippen LogP contribution in [0.5, 0.6) is 0 Å². The van der Waals surface area contributed by atoms with Crippen LogP contribution in [0.4, 0.5) is 0 Å². The fraction of sp³-hybridized carbons (Fsp3) is 1.00. The summed E-state index contributed by atoms with van der Waals surface area (Å²) in [7, 11) is 0. The molecule has 0 aliphatic carbocycles. The lowest BCUT2D eigenvalue weighted by Gasteiger charge is -2.44. The molecular weight excluding hydrogens is 318 g/mol. The predicted molar refractivity (Wildman–Crippen MR) is 70.6 cm³/mol. The summed E-state index contributed by atoms with van der Waals surface area (Å²) >= 11 is 0. The van der Waals surface area contributed by atoms with Gasteiger partial charge in [-0.3, -0.25) is 0 Å². The number of hydrogen-bond donors (Lipinski definition) is 8. The van der Waals surface area contributed by atoms with E-state index in [1.54, 1.807) is 0 Å². The highest BCUT2D eigenvalue weighted by atomic mass is 16.8. The Morgan fingerprint density at radius 3 is 1.57 bits per heavy atom. The Morgan fingerprint density at radius 2 is 1.13 bits per heavy atom. The second kappa shape index (κ2) is 7.63. The van der Waals surface area contributed by atoms with Gasteiger partial charge in [0.15, 0.2) is 12.6 Å². The summed E-state index contributed by atoms with van der Waals surface area (Å²) in [6.45, 7) is -0.814. The number of rotatable bonds is 4. The van der Waals surface area contributed by atoms with Gasteiger partial charge in [0.05, 0.1) is 6.61 Å². The van der Waals surface area contributed by atoms with Gasteiger partial charge in [0, 0.05) is 6.54 Å². The van der Waals surface area contributed by atoms with Gasteiger partial charge >= 0.3 is 0 Å². The Morgan fingerprint density at radius 1 is 0.696 bits per heavy atom. The van der Waals surface area contributed by atoms with Crippen molar-refractivity contribution in [1.82, 2.24) is 0 Å². The van der Waals surface area contributed by atoms with Crippen molar-refractivity contribution >= 4 is 0 Å². The van der Waals surface area contributed by atoms with E-state index < -0.39 is 68.0 Å². The van der Waals surface area contributed by atoms with E-state index in [1.165, 1.54) is 0 Å². The highest BCUT2D eigenvalue weighted by Crippen LogP contribution is 2.27. The molecule has 9 N–H and O–H groups in total. The number of aliphatic hydroxyl groups excluding tert-OH is 7. The van der Waals surface area contributed by atoms with Crippen molar-refractivity contribution in [3.05, 3.63) is 0 Å². The summed E-state index contributed by atoms with van der Waals surface area (Å²) in [5, 5.41) is 67.6. The maximum absolute atomic E-state index is 9.88. The highest BCUT2D eigenvalue weighted by Gasteiger charge is 2.49. The first kappa shape index (κ1) is 18.9. The number of nitrogens with two attached hydrogens (primary N) is 1. The van der Waals surface area contributed by atoms with E-state index in [2.05, 4.69) is 0 Å². The standard InChI is InChI=1S/C12H23NO10/c13-1-3-5(15)7(17)9(19)11(21-3)23-12-10(20)8(18)6(16)4(2-14)22-12/h3-12,14-20H,1-2,13H2/t3-,4-,5-,6-,7+,8+,9-,10-,11-,12-/m1/s1. The van der Waals surface area contributed by atoms with Crippen molar-refractivity contribution in [2.45, 2.75) is 61.4 Å². The molecule has 0 bridgehead atoms. The number of hydrogen-bond acceptors (Lipinski definition) is 11. The minimum Gasteiger partial charge on any atom is -0.394 e. The number of ether oxygens (including phenoxy) is 3. The van der Waals surface area contributed by atoms with Crippen LogP contribution >= 0.6 is 0 Å². The quantitative estimate of drug-likeness (QED) is 0.243. The Bertz CT molecular complexity index is 349. The molecule has 0 aromatic heterocycles. The van der Waals surface area contributed by atoms with Crippen LogP contribution in [0.15, 0.2) is 0 Å². The largest absolute Gasteiger partial charge is 0.394 e. The molecule has 2 aliphatic heterocycles. The topological polar surface area (TPSA) is 195 Å². The SMILES string of the molecule is NC[C@H]1O[C@H](O[C@H]2O[C@H](CO)[C@@H](O)[C@H](O)[C@H]2O)[C@H](O)[C@@H](O)[C@@H]1O. The molecule has 0 amide bonds. The van der Waals surface area contributed by atoms with Gasteiger partial charge in [-0.25, -0.2) is 0 Å². The maximum Gasteiger partial charge on any atom is 0.189 e. The van der Waals surface area contributed by atoms with Crippen LogP contribution < -0.4 is 5.73 Å². The molecule has 2 fully saturated rings. The Hall–Kier alpha value is -0.440. The zero-order valence-electron chi connectivity index (χ0n) is 12.1. The van der Waals surface area contributed by atoms with Crippen LogP contribution in [0.1, 0.15) is 0 Å². The monoisotopic (exact) mass is 341 g/mol. The van der Waals surface area contributed by atoms with Crippen molar-refractivity contribution in [2.75, 3.05) is 13.2 Å². The first-order chi connectivity index (χ1) is 10.8. The third-order valence-electron chi connectivity index (χ3n) is 4.02.